The monoisotopic (exact) mass is 278 g/mol. The van der Waals surface area contributed by atoms with Crippen molar-refractivity contribution in [2.45, 2.75) is 40.0 Å². The topological polar surface area (TPSA) is 52.6 Å². The number of rotatable bonds is 6. The maximum absolute atomic E-state index is 11.7. The lowest BCUT2D eigenvalue weighted by Gasteiger charge is -2.10. The Morgan fingerprint density at radius 2 is 1.70 bits per heavy atom. The molecule has 0 N–H and O–H groups in total. The molecule has 1 aromatic carbocycles. The molecule has 1 rings (SSSR count). The van der Waals surface area contributed by atoms with Crippen LogP contribution in [-0.2, 0) is 25.8 Å². The van der Waals surface area contributed by atoms with Gasteiger partial charge in [0.2, 0.25) is 0 Å². The van der Waals surface area contributed by atoms with E-state index in [1.165, 1.54) is 0 Å². The molecule has 20 heavy (non-hydrogen) atoms. The van der Waals surface area contributed by atoms with E-state index in [4.69, 9.17) is 0 Å². The number of carbonyl (C=O) groups excluding carboxylic acids is 2. The van der Waals surface area contributed by atoms with Gasteiger partial charge in [0, 0.05) is 0 Å². The Bertz CT molecular complexity index is 425. The highest BCUT2D eigenvalue weighted by molar-refractivity contribution is 5.74. The standard InChI is InChI=1S/C16H22O4/c1-12(2)9-10-15(17)19-20-16(18)13(3)11-14-7-5-4-6-8-14/h4-8,12-13H,9-11H2,1-3H3/t13-/m1/s1. The van der Waals surface area contributed by atoms with Gasteiger partial charge >= 0.3 is 11.9 Å². The van der Waals surface area contributed by atoms with Gasteiger partial charge in [0.15, 0.2) is 0 Å². The highest BCUT2D eigenvalue weighted by atomic mass is 17.2. The van der Waals surface area contributed by atoms with E-state index in [0.29, 0.717) is 12.3 Å². The molecule has 0 saturated heterocycles. The van der Waals surface area contributed by atoms with Crippen LogP contribution in [0.15, 0.2) is 30.3 Å². The Balaban J connectivity index is 2.30. The highest BCUT2D eigenvalue weighted by Crippen LogP contribution is 2.11. The normalized spacial score (nSPS) is 12.0. The van der Waals surface area contributed by atoms with Gasteiger partial charge in [-0.05, 0) is 24.3 Å². The second-order valence-corrected chi connectivity index (χ2v) is 5.38. The Morgan fingerprint density at radius 1 is 1.05 bits per heavy atom. The van der Waals surface area contributed by atoms with Crippen molar-refractivity contribution < 1.29 is 19.4 Å². The SMILES string of the molecule is CC(C)CCC(=O)OOC(=O)[C@H](C)Cc1ccccc1. The molecule has 1 aromatic rings. The minimum absolute atomic E-state index is 0.262. The van der Waals surface area contributed by atoms with E-state index >= 15 is 0 Å². The molecule has 0 saturated carbocycles. The summed E-state index contributed by atoms with van der Waals surface area (Å²) in [4.78, 5) is 32.1. The fourth-order valence-electron chi connectivity index (χ4n) is 1.67. The van der Waals surface area contributed by atoms with E-state index in [1.54, 1.807) is 6.92 Å². The fourth-order valence-corrected chi connectivity index (χ4v) is 1.67. The van der Waals surface area contributed by atoms with Crippen molar-refractivity contribution in [3.63, 3.8) is 0 Å². The third kappa shape index (κ3) is 6.36. The van der Waals surface area contributed by atoms with Crippen LogP contribution in [0.2, 0.25) is 0 Å². The van der Waals surface area contributed by atoms with E-state index in [1.807, 2.05) is 44.2 Å². The number of benzene rings is 1. The first-order valence-corrected chi connectivity index (χ1v) is 6.94. The summed E-state index contributed by atoms with van der Waals surface area (Å²) in [6.07, 6.45) is 1.54. The molecule has 0 spiro atoms. The largest absolute Gasteiger partial charge is 0.358 e. The molecule has 0 aromatic heterocycles. The van der Waals surface area contributed by atoms with E-state index in [0.717, 1.165) is 12.0 Å². The van der Waals surface area contributed by atoms with E-state index in [2.05, 4.69) is 9.78 Å². The van der Waals surface area contributed by atoms with Crippen molar-refractivity contribution in [1.82, 2.24) is 0 Å². The average Bonchev–Trinajstić information content (AvgIpc) is 2.43. The predicted molar refractivity (Wildman–Crippen MR) is 75.6 cm³/mol. The van der Waals surface area contributed by atoms with Gasteiger partial charge in [-0.25, -0.2) is 19.4 Å². The molecule has 0 radical (unpaired) electrons. The van der Waals surface area contributed by atoms with Crippen molar-refractivity contribution in [2.24, 2.45) is 11.8 Å². The first kappa shape index (κ1) is 16.2. The average molecular weight is 278 g/mol. The molecular weight excluding hydrogens is 256 g/mol. The van der Waals surface area contributed by atoms with Crippen LogP contribution >= 0.6 is 0 Å². The summed E-state index contributed by atoms with van der Waals surface area (Å²) < 4.78 is 0. The Hall–Kier alpha value is -1.84. The predicted octanol–water partition coefficient (Wildman–Crippen LogP) is 3.30. The molecule has 0 bridgehead atoms. The van der Waals surface area contributed by atoms with Crippen LogP contribution in [-0.4, -0.2) is 11.9 Å². The molecule has 0 aliphatic heterocycles. The smallest absolute Gasteiger partial charge is 0.247 e. The fraction of sp³-hybridized carbons (Fsp3) is 0.500. The molecule has 0 amide bonds. The van der Waals surface area contributed by atoms with Gasteiger partial charge in [0.25, 0.3) is 0 Å². The van der Waals surface area contributed by atoms with Crippen molar-refractivity contribution in [3.05, 3.63) is 35.9 Å². The minimum atomic E-state index is -0.522. The zero-order chi connectivity index (χ0) is 15.0. The van der Waals surface area contributed by atoms with Gasteiger partial charge in [-0.1, -0.05) is 51.1 Å². The zero-order valence-corrected chi connectivity index (χ0v) is 12.3. The van der Waals surface area contributed by atoms with Crippen molar-refractivity contribution in [3.8, 4) is 0 Å². The summed E-state index contributed by atoms with van der Waals surface area (Å²) in [5.41, 5.74) is 1.04. The molecule has 1 atom stereocenters. The zero-order valence-electron chi connectivity index (χ0n) is 12.3. The lowest BCUT2D eigenvalue weighted by molar-refractivity contribution is -0.262. The van der Waals surface area contributed by atoms with Crippen LogP contribution in [0.25, 0.3) is 0 Å². The maximum Gasteiger partial charge on any atom is 0.358 e. The summed E-state index contributed by atoms with van der Waals surface area (Å²) in [6, 6.07) is 9.64. The lowest BCUT2D eigenvalue weighted by atomic mass is 10.0. The summed E-state index contributed by atoms with van der Waals surface area (Å²) in [5, 5.41) is 0. The van der Waals surface area contributed by atoms with Crippen LogP contribution in [0.3, 0.4) is 0 Å². The van der Waals surface area contributed by atoms with E-state index in [-0.39, 0.29) is 12.3 Å². The molecule has 0 aliphatic rings. The Labute approximate surface area is 120 Å². The third-order valence-corrected chi connectivity index (χ3v) is 2.93. The van der Waals surface area contributed by atoms with Crippen molar-refractivity contribution in [2.75, 3.05) is 0 Å². The number of hydrogen-bond donors (Lipinski definition) is 0. The Morgan fingerprint density at radius 3 is 2.30 bits per heavy atom. The molecule has 0 heterocycles. The molecule has 0 aliphatic carbocycles. The van der Waals surface area contributed by atoms with Gasteiger partial charge < -0.3 is 0 Å². The maximum atomic E-state index is 11.7. The minimum Gasteiger partial charge on any atom is -0.247 e. The second kappa shape index (κ2) is 8.35. The van der Waals surface area contributed by atoms with Crippen molar-refractivity contribution in [1.29, 1.82) is 0 Å². The molecular formula is C16H22O4. The molecule has 110 valence electrons. The lowest BCUT2D eigenvalue weighted by Crippen LogP contribution is -2.19. The van der Waals surface area contributed by atoms with Gasteiger partial charge in [-0.15, -0.1) is 0 Å². The molecule has 0 unspecified atom stereocenters. The van der Waals surface area contributed by atoms with Crippen LogP contribution in [0.4, 0.5) is 0 Å². The van der Waals surface area contributed by atoms with Crippen LogP contribution in [0, 0.1) is 11.8 Å². The second-order valence-electron chi connectivity index (χ2n) is 5.38. The molecule has 0 fully saturated rings. The summed E-state index contributed by atoms with van der Waals surface area (Å²) >= 11 is 0. The number of hydrogen-bond acceptors (Lipinski definition) is 4. The van der Waals surface area contributed by atoms with Crippen LogP contribution in [0.1, 0.15) is 39.2 Å². The van der Waals surface area contributed by atoms with Crippen molar-refractivity contribution >= 4 is 11.9 Å². The quantitative estimate of drug-likeness (QED) is 0.592. The van der Waals surface area contributed by atoms with E-state index in [9.17, 15) is 9.59 Å². The molecule has 4 nitrogen and oxygen atoms in total. The van der Waals surface area contributed by atoms with Crippen LogP contribution in [0.5, 0.6) is 0 Å². The van der Waals surface area contributed by atoms with Gasteiger partial charge in [-0.2, -0.15) is 0 Å². The van der Waals surface area contributed by atoms with Gasteiger partial charge in [-0.3, -0.25) is 0 Å². The van der Waals surface area contributed by atoms with E-state index < -0.39 is 11.9 Å². The number of carbonyl (C=O) groups is 2. The highest BCUT2D eigenvalue weighted by Gasteiger charge is 2.18. The first-order chi connectivity index (χ1) is 9.49. The summed E-state index contributed by atoms with van der Waals surface area (Å²) in [7, 11) is 0. The summed E-state index contributed by atoms with van der Waals surface area (Å²) in [6.45, 7) is 5.78. The van der Waals surface area contributed by atoms with Gasteiger partial charge in [0.1, 0.15) is 0 Å². The summed E-state index contributed by atoms with van der Waals surface area (Å²) in [5.74, 6) is -0.962. The third-order valence-electron chi connectivity index (χ3n) is 2.93. The first-order valence-electron chi connectivity index (χ1n) is 6.94. The van der Waals surface area contributed by atoms with Gasteiger partial charge in [0.05, 0.1) is 12.3 Å². The van der Waals surface area contributed by atoms with Crippen LogP contribution < -0.4 is 0 Å². The Kier molecular flexibility index (Phi) is 6.77. The molecule has 4 heteroatoms.